The van der Waals surface area contributed by atoms with Crippen LogP contribution in [-0.2, 0) is 6.18 Å². The molecule has 1 aromatic heterocycles. The Morgan fingerprint density at radius 3 is 2.42 bits per heavy atom. The van der Waals surface area contributed by atoms with Gasteiger partial charge in [0, 0.05) is 5.54 Å². The molecule has 1 rings (SSSR count). The third kappa shape index (κ3) is 4.12. The minimum absolute atomic E-state index is 0.0178. The first-order valence-corrected chi connectivity index (χ1v) is 5.96. The molecule has 0 radical (unpaired) electrons. The fourth-order valence-corrected chi connectivity index (χ4v) is 1.81. The standard InChI is InChI=1S/C13H16F3N3/c1-4-7-12(2,3)19-11-9(8-17)5-6-10(18-11)13(14,15)16/h5-6H,4,7H2,1-3H3,(H,18,19). The Bertz CT molecular complexity index is 487. The lowest BCUT2D eigenvalue weighted by molar-refractivity contribution is -0.141. The van der Waals surface area contributed by atoms with E-state index in [1.165, 1.54) is 0 Å². The maximum atomic E-state index is 12.6. The van der Waals surface area contributed by atoms with E-state index >= 15 is 0 Å². The molecule has 0 aliphatic heterocycles. The molecule has 0 aliphatic carbocycles. The van der Waals surface area contributed by atoms with Gasteiger partial charge in [-0.3, -0.25) is 0 Å². The molecule has 1 heterocycles. The molecule has 6 heteroatoms. The van der Waals surface area contributed by atoms with E-state index in [-0.39, 0.29) is 11.4 Å². The highest BCUT2D eigenvalue weighted by Crippen LogP contribution is 2.30. The van der Waals surface area contributed by atoms with Crippen molar-refractivity contribution in [1.82, 2.24) is 4.98 Å². The zero-order valence-electron chi connectivity index (χ0n) is 11.1. The summed E-state index contributed by atoms with van der Waals surface area (Å²) in [5.74, 6) is -0.0178. The molecule has 0 saturated carbocycles. The van der Waals surface area contributed by atoms with Gasteiger partial charge in [0.2, 0.25) is 0 Å². The molecule has 0 aliphatic rings. The molecule has 0 unspecified atom stereocenters. The van der Waals surface area contributed by atoms with Gasteiger partial charge in [0.05, 0.1) is 5.56 Å². The molecular formula is C13H16F3N3. The van der Waals surface area contributed by atoms with Crippen LogP contribution in [0.15, 0.2) is 12.1 Å². The minimum Gasteiger partial charge on any atom is -0.364 e. The highest BCUT2D eigenvalue weighted by atomic mass is 19.4. The first-order chi connectivity index (χ1) is 8.69. The minimum atomic E-state index is -4.51. The lowest BCUT2D eigenvalue weighted by Gasteiger charge is -2.27. The van der Waals surface area contributed by atoms with Crippen LogP contribution in [0.2, 0.25) is 0 Å². The molecule has 3 nitrogen and oxygen atoms in total. The van der Waals surface area contributed by atoms with Crippen LogP contribution in [0.1, 0.15) is 44.9 Å². The summed E-state index contributed by atoms with van der Waals surface area (Å²) in [5, 5.41) is 11.8. The summed E-state index contributed by atoms with van der Waals surface area (Å²) >= 11 is 0. The van der Waals surface area contributed by atoms with Gasteiger partial charge in [-0.15, -0.1) is 0 Å². The molecule has 0 fully saturated rings. The summed E-state index contributed by atoms with van der Waals surface area (Å²) in [4.78, 5) is 3.52. The van der Waals surface area contributed by atoms with Crippen molar-refractivity contribution in [2.45, 2.75) is 45.3 Å². The zero-order chi connectivity index (χ0) is 14.7. The number of nitriles is 1. The largest absolute Gasteiger partial charge is 0.433 e. The van der Waals surface area contributed by atoms with Crippen molar-refractivity contribution in [2.75, 3.05) is 5.32 Å². The van der Waals surface area contributed by atoms with Crippen molar-refractivity contribution in [3.8, 4) is 6.07 Å². The van der Waals surface area contributed by atoms with Crippen LogP contribution in [0.5, 0.6) is 0 Å². The first kappa shape index (κ1) is 15.3. The van der Waals surface area contributed by atoms with Crippen LogP contribution < -0.4 is 5.32 Å². The van der Waals surface area contributed by atoms with Crippen LogP contribution in [-0.4, -0.2) is 10.5 Å². The van der Waals surface area contributed by atoms with Gasteiger partial charge >= 0.3 is 6.18 Å². The van der Waals surface area contributed by atoms with E-state index < -0.39 is 17.4 Å². The van der Waals surface area contributed by atoms with Crippen LogP contribution in [0.25, 0.3) is 0 Å². The van der Waals surface area contributed by atoms with Gasteiger partial charge in [0.15, 0.2) is 0 Å². The lowest BCUT2D eigenvalue weighted by atomic mass is 9.98. The second-order valence-corrected chi connectivity index (χ2v) is 4.96. The average molecular weight is 271 g/mol. The van der Waals surface area contributed by atoms with Gasteiger partial charge in [-0.05, 0) is 32.4 Å². The number of aromatic nitrogens is 1. The predicted octanol–water partition coefficient (Wildman–Crippen LogP) is 3.96. The Hall–Kier alpha value is -1.77. The zero-order valence-corrected chi connectivity index (χ0v) is 11.1. The van der Waals surface area contributed by atoms with Crippen molar-refractivity contribution < 1.29 is 13.2 Å². The Labute approximate surface area is 110 Å². The van der Waals surface area contributed by atoms with Crippen molar-refractivity contribution in [3.63, 3.8) is 0 Å². The van der Waals surface area contributed by atoms with E-state index in [4.69, 9.17) is 5.26 Å². The van der Waals surface area contributed by atoms with E-state index in [2.05, 4.69) is 10.3 Å². The van der Waals surface area contributed by atoms with Crippen LogP contribution in [0.3, 0.4) is 0 Å². The van der Waals surface area contributed by atoms with E-state index in [0.29, 0.717) is 0 Å². The second kappa shape index (κ2) is 5.47. The monoisotopic (exact) mass is 271 g/mol. The molecule has 1 N–H and O–H groups in total. The number of alkyl halides is 3. The normalized spacial score (nSPS) is 12.1. The maximum absolute atomic E-state index is 12.6. The number of anilines is 1. The number of nitrogens with one attached hydrogen (secondary N) is 1. The maximum Gasteiger partial charge on any atom is 0.433 e. The Kier molecular flexibility index (Phi) is 4.40. The van der Waals surface area contributed by atoms with Crippen molar-refractivity contribution in [3.05, 3.63) is 23.4 Å². The second-order valence-electron chi connectivity index (χ2n) is 4.96. The molecular weight excluding hydrogens is 255 g/mol. The molecule has 0 atom stereocenters. The molecule has 0 bridgehead atoms. The van der Waals surface area contributed by atoms with Crippen molar-refractivity contribution in [2.24, 2.45) is 0 Å². The Morgan fingerprint density at radius 2 is 1.95 bits per heavy atom. The summed E-state index contributed by atoms with van der Waals surface area (Å²) in [7, 11) is 0. The third-order valence-electron chi connectivity index (χ3n) is 2.64. The van der Waals surface area contributed by atoms with Crippen LogP contribution in [0.4, 0.5) is 19.0 Å². The Morgan fingerprint density at radius 1 is 1.32 bits per heavy atom. The van der Waals surface area contributed by atoms with E-state index in [1.807, 2.05) is 26.8 Å². The molecule has 19 heavy (non-hydrogen) atoms. The molecule has 0 aromatic carbocycles. The summed E-state index contributed by atoms with van der Waals surface area (Å²) in [5.41, 5.74) is -1.31. The van der Waals surface area contributed by atoms with E-state index in [1.54, 1.807) is 0 Å². The number of hydrogen-bond acceptors (Lipinski definition) is 3. The van der Waals surface area contributed by atoms with Gasteiger partial charge in [-0.25, -0.2) is 4.98 Å². The molecule has 0 amide bonds. The summed E-state index contributed by atoms with van der Waals surface area (Å²) in [6.07, 6.45) is -2.88. The summed E-state index contributed by atoms with van der Waals surface area (Å²) in [6, 6.07) is 3.80. The molecule has 0 spiro atoms. The van der Waals surface area contributed by atoms with E-state index in [0.717, 1.165) is 25.0 Å². The number of hydrogen-bond donors (Lipinski definition) is 1. The number of pyridine rings is 1. The molecule has 104 valence electrons. The smallest absolute Gasteiger partial charge is 0.364 e. The molecule has 0 saturated heterocycles. The van der Waals surface area contributed by atoms with Crippen LogP contribution in [0, 0.1) is 11.3 Å². The highest BCUT2D eigenvalue weighted by molar-refractivity contribution is 5.53. The predicted molar refractivity (Wildman–Crippen MR) is 66.6 cm³/mol. The average Bonchev–Trinajstić information content (AvgIpc) is 2.27. The summed E-state index contributed by atoms with van der Waals surface area (Å²) in [6.45, 7) is 5.70. The van der Waals surface area contributed by atoms with Gasteiger partial charge in [0.1, 0.15) is 17.6 Å². The van der Waals surface area contributed by atoms with Gasteiger partial charge < -0.3 is 5.32 Å². The SMILES string of the molecule is CCCC(C)(C)Nc1nc(C(F)(F)F)ccc1C#N. The Balaban J connectivity index is 3.14. The lowest BCUT2D eigenvalue weighted by Crippen LogP contribution is -2.31. The fraction of sp³-hybridized carbons (Fsp3) is 0.538. The fourth-order valence-electron chi connectivity index (χ4n) is 1.81. The highest BCUT2D eigenvalue weighted by Gasteiger charge is 2.33. The summed E-state index contributed by atoms with van der Waals surface area (Å²) < 4.78 is 37.8. The van der Waals surface area contributed by atoms with Crippen molar-refractivity contribution in [1.29, 1.82) is 5.26 Å². The quantitative estimate of drug-likeness (QED) is 0.901. The van der Waals surface area contributed by atoms with Crippen molar-refractivity contribution >= 4 is 5.82 Å². The topological polar surface area (TPSA) is 48.7 Å². The third-order valence-corrected chi connectivity index (χ3v) is 2.64. The van der Waals surface area contributed by atoms with Gasteiger partial charge in [-0.2, -0.15) is 18.4 Å². The van der Waals surface area contributed by atoms with E-state index in [9.17, 15) is 13.2 Å². The number of rotatable bonds is 4. The van der Waals surface area contributed by atoms with Crippen LogP contribution >= 0.6 is 0 Å². The number of halogens is 3. The number of nitrogens with zero attached hydrogens (tertiary/aromatic N) is 2. The molecule has 1 aromatic rings. The first-order valence-electron chi connectivity index (χ1n) is 5.96. The van der Waals surface area contributed by atoms with Gasteiger partial charge in [-0.1, -0.05) is 13.3 Å². The van der Waals surface area contributed by atoms with Gasteiger partial charge in [0.25, 0.3) is 0 Å².